The minimum Gasteiger partial charge on any atom is -0.325 e. The van der Waals surface area contributed by atoms with E-state index in [9.17, 15) is 4.79 Å². The monoisotopic (exact) mass is 201 g/mol. The van der Waals surface area contributed by atoms with E-state index in [-0.39, 0.29) is 5.91 Å². The van der Waals surface area contributed by atoms with Gasteiger partial charge in [0.2, 0.25) is 5.91 Å². The van der Waals surface area contributed by atoms with Crippen molar-refractivity contribution in [2.24, 2.45) is 0 Å². The van der Waals surface area contributed by atoms with Crippen LogP contribution >= 0.6 is 23.2 Å². The fourth-order valence-corrected chi connectivity index (χ4v) is 1.81. The van der Waals surface area contributed by atoms with Crippen molar-refractivity contribution in [3.05, 3.63) is 27.7 Å². The third-order valence-electron chi connectivity index (χ3n) is 1.77. The van der Waals surface area contributed by atoms with E-state index >= 15 is 0 Å². The number of carbonyl (C=O) groups is 1. The van der Waals surface area contributed by atoms with Gasteiger partial charge in [-0.3, -0.25) is 4.79 Å². The van der Waals surface area contributed by atoms with Crippen LogP contribution in [-0.4, -0.2) is 5.91 Å². The van der Waals surface area contributed by atoms with Gasteiger partial charge in [0.1, 0.15) is 0 Å². The third kappa shape index (κ3) is 1.17. The highest BCUT2D eigenvalue weighted by Crippen LogP contribution is 2.32. The maximum absolute atomic E-state index is 11.0. The zero-order valence-electron chi connectivity index (χ0n) is 6.03. The lowest BCUT2D eigenvalue weighted by atomic mass is 10.2. The number of fused-ring (bicyclic) bond motifs is 1. The third-order valence-corrected chi connectivity index (χ3v) is 2.33. The molecule has 0 fully saturated rings. The molecule has 4 heteroatoms. The topological polar surface area (TPSA) is 29.1 Å². The molecule has 0 atom stereocenters. The molecule has 0 saturated carbocycles. The molecule has 1 amide bonds. The summed E-state index contributed by atoms with van der Waals surface area (Å²) >= 11 is 11.6. The molecule has 2 rings (SSSR count). The molecule has 1 heterocycles. The van der Waals surface area contributed by atoms with E-state index in [0.717, 1.165) is 11.3 Å². The second kappa shape index (κ2) is 2.64. The Morgan fingerprint density at radius 1 is 1.33 bits per heavy atom. The van der Waals surface area contributed by atoms with Gasteiger partial charge in [-0.05, 0) is 12.1 Å². The first-order valence-corrected chi connectivity index (χ1v) is 4.20. The Kier molecular flexibility index (Phi) is 1.74. The second-order valence-corrected chi connectivity index (χ2v) is 3.48. The van der Waals surface area contributed by atoms with E-state index in [1.807, 2.05) is 0 Å². The predicted molar refractivity (Wildman–Crippen MR) is 48.8 cm³/mol. The summed E-state index contributed by atoms with van der Waals surface area (Å²) in [6.07, 6.45) is 0.353. The molecule has 0 bridgehead atoms. The standard InChI is InChI=1S/C8H5Cl2NO/c9-4-1-6(10)5-3-8(12)11-7(5)2-4/h1-2H,3H2,(H,11,12). The van der Waals surface area contributed by atoms with Crippen LogP contribution in [0.3, 0.4) is 0 Å². The van der Waals surface area contributed by atoms with E-state index in [4.69, 9.17) is 23.2 Å². The summed E-state index contributed by atoms with van der Waals surface area (Å²) in [5, 5.41) is 3.77. The first-order valence-electron chi connectivity index (χ1n) is 3.44. The molecule has 0 radical (unpaired) electrons. The summed E-state index contributed by atoms with van der Waals surface area (Å²) < 4.78 is 0. The molecule has 1 aromatic rings. The van der Waals surface area contributed by atoms with Crippen LogP contribution < -0.4 is 5.32 Å². The van der Waals surface area contributed by atoms with Crippen LogP contribution in [0.15, 0.2) is 12.1 Å². The van der Waals surface area contributed by atoms with Crippen LogP contribution in [0.4, 0.5) is 5.69 Å². The van der Waals surface area contributed by atoms with Gasteiger partial charge in [0.05, 0.1) is 6.42 Å². The quantitative estimate of drug-likeness (QED) is 0.687. The van der Waals surface area contributed by atoms with E-state index in [1.54, 1.807) is 12.1 Å². The van der Waals surface area contributed by atoms with Crippen molar-refractivity contribution in [3.8, 4) is 0 Å². The Morgan fingerprint density at radius 3 is 2.83 bits per heavy atom. The Morgan fingerprint density at radius 2 is 2.08 bits per heavy atom. The van der Waals surface area contributed by atoms with Crippen LogP contribution in [0.25, 0.3) is 0 Å². The van der Waals surface area contributed by atoms with Crippen LogP contribution in [0.1, 0.15) is 5.56 Å². The molecule has 0 aliphatic carbocycles. The number of benzene rings is 1. The highest BCUT2D eigenvalue weighted by molar-refractivity contribution is 6.36. The fourth-order valence-electron chi connectivity index (χ4n) is 1.25. The molecule has 0 saturated heterocycles. The van der Waals surface area contributed by atoms with E-state index in [0.29, 0.717) is 16.5 Å². The van der Waals surface area contributed by atoms with Crippen LogP contribution in [0, 0.1) is 0 Å². The smallest absolute Gasteiger partial charge is 0.228 e. The Balaban J connectivity index is 2.59. The van der Waals surface area contributed by atoms with Gasteiger partial charge in [-0.25, -0.2) is 0 Å². The van der Waals surface area contributed by atoms with Gasteiger partial charge in [0.15, 0.2) is 0 Å². The van der Waals surface area contributed by atoms with Crippen LogP contribution in [-0.2, 0) is 11.2 Å². The van der Waals surface area contributed by atoms with Crippen molar-refractivity contribution < 1.29 is 4.79 Å². The summed E-state index contributed by atoms with van der Waals surface area (Å²) in [4.78, 5) is 11.0. The summed E-state index contributed by atoms with van der Waals surface area (Å²) in [5.41, 5.74) is 1.57. The molecule has 1 aliphatic heterocycles. The van der Waals surface area contributed by atoms with Crippen molar-refractivity contribution in [1.82, 2.24) is 0 Å². The Labute approximate surface area is 79.5 Å². The predicted octanol–water partition coefficient (Wildman–Crippen LogP) is 2.49. The lowest BCUT2D eigenvalue weighted by Crippen LogP contribution is -2.03. The zero-order chi connectivity index (χ0) is 8.72. The molecule has 1 aliphatic rings. The SMILES string of the molecule is O=C1Cc2c(Cl)cc(Cl)cc2N1. The number of anilines is 1. The second-order valence-electron chi connectivity index (χ2n) is 2.64. The molecule has 0 aromatic heterocycles. The molecule has 62 valence electrons. The van der Waals surface area contributed by atoms with Crippen LogP contribution in [0.2, 0.25) is 10.0 Å². The summed E-state index contributed by atoms with van der Waals surface area (Å²) in [6, 6.07) is 3.34. The number of carbonyl (C=O) groups excluding carboxylic acids is 1. The normalized spacial score (nSPS) is 14.3. The summed E-state index contributed by atoms with van der Waals surface area (Å²) in [5.74, 6) is -0.0332. The van der Waals surface area contributed by atoms with Crippen molar-refractivity contribution in [2.75, 3.05) is 5.32 Å². The minimum atomic E-state index is -0.0332. The number of amides is 1. The molecular formula is C8H5Cl2NO. The lowest BCUT2D eigenvalue weighted by Gasteiger charge is -2.00. The van der Waals surface area contributed by atoms with E-state index in [1.165, 1.54) is 0 Å². The lowest BCUT2D eigenvalue weighted by molar-refractivity contribution is -0.115. The van der Waals surface area contributed by atoms with E-state index < -0.39 is 0 Å². The van der Waals surface area contributed by atoms with Crippen LogP contribution in [0.5, 0.6) is 0 Å². The number of nitrogens with one attached hydrogen (secondary N) is 1. The van der Waals surface area contributed by atoms with Crippen molar-refractivity contribution in [1.29, 1.82) is 0 Å². The molecule has 1 aromatic carbocycles. The van der Waals surface area contributed by atoms with Crippen molar-refractivity contribution in [2.45, 2.75) is 6.42 Å². The number of hydrogen-bond acceptors (Lipinski definition) is 1. The fraction of sp³-hybridized carbons (Fsp3) is 0.125. The molecule has 0 unspecified atom stereocenters. The highest BCUT2D eigenvalue weighted by Gasteiger charge is 2.20. The maximum Gasteiger partial charge on any atom is 0.228 e. The number of hydrogen-bond donors (Lipinski definition) is 1. The highest BCUT2D eigenvalue weighted by atomic mass is 35.5. The zero-order valence-corrected chi connectivity index (χ0v) is 7.54. The van der Waals surface area contributed by atoms with E-state index in [2.05, 4.69) is 5.32 Å². The van der Waals surface area contributed by atoms with Gasteiger partial charge in [-0.15, -0.1) is 0 Å². The minimum absolute atomic E-state index is 0.0332. The first kappa shape index (κ1) is 7.90. The van der Waals surface area contributed by atoms with Gasteiger partial charge in [0.25, 0.3) is 0 Å². The maximum atomic E-state index is 11.0. The largest absolute Gasteiger partial charge is 0.325 e. The van der Waals surface area contributed by atoms with Gasteiger partial charge < -0.3 is 5.32 Å². The molecule has 1 N–H and O–H groups in total. The summed E-state index contributed by atoms with van der Waals surface area (Å²) in [7, 11) is 0. The molecular weight excluding hydrogens is 197 g/mol. The summed E-state index contributed by atoms with van der Waals surface area (Å²) in [6.45, 7) is 0. The molecule has 2 nitrogen and oxygen atoms in total. The molecule has 0 spiro atoms. The Hall–Kier alpha value is -0.730. The average Bonchev–Trinajstić information content (AvgIpc) is 2.29. The van der Waals surface area contributed by atoms with Gasteiger partial charge in [-0.1, -0.05) is 23.2 Å². The Bertz CT molecular complexity index is 362. The molecule has 12 heavy (non-hydrogen) atoms. The first-order chi connectivity index (χ1) is 5.66. The van der Waals surface area contributed by atoms with Gasteiger partial charge in [0, 0.05) is 21.3 Å². The van der Waals surface area contributed by atoms with Crippen molar-refractivity contribution >= 4 is 34.8 Å². The number of halogens is 2. The number of rotatable bonds is 0. The van der Waals surface area contributed by atoms with Gasteiger partial charge >= 0.3 is 0 Å². The van der Waals surface area contributed by atoms with Gasteiger partial charge in [-0.2, -0.15) is 0 Å². The average molecular weight is 202 g/mol. The van der Waals surface area contributed by atoms with Crippen molar-refractivity contribution in [3.63, 3.8) is 0 Å².